The first-order valence-corrected chi connectivity index (χ1v) is 8.23. The Balaban J connectivity index is 0.00000338. The van der Waals surface area contributed by atoms with Crippen molar-refractivity contribution < 1.29 is 10.9 Å². The van der Waals surface area contributed by atoms with Gasteiger partial charge in [-0.1, -0.05) is 0 Å². The lowest BCUT2D eigenvalue weighted by Gasteiger charge is -2.17. The fourth-order valence-corrected chi connectivity index (χ4v) is 2.51. The Kier molecular flexibility index (Phi) is 6.03. The molecule has 0 saturated carbocycles. The van der Waals surface area contributed by atoms with Gasteiger partial charge < -0.3 is 20.1 Å². The molecule has 0 bridgehead atoms. The van der Waals surface area contributed by atoms with Crippen LogP contribution in [0.5, 0.6) is 5.75 Å². The highest BCUT2D eigenvalue weighted by molar-refractivity contribution is 6.13. The van der Waals surface area contributed by atoms with Gasteiger partial charge in [0.1, 0.15) is 17.3 Å². The van der Waals surface area contributed by atoms with Crippen molar-refractivity contribution in [3.05, 3.63) is 35.5 Å². The van der Waals surface area contributed by atoms with Gasteiger partial charge >= 0.3 is 0 Å². The monoisotopic (exact) mass is 347 g/mol. The van der Waals surface area contributed by atoms with Crippen molar-refractivity contribution >= 4 is 17.2 Å². The first kappa shape index (κ1) is 18.8. The molecule has 0 unspecified atom stereocenters. The topological polar surface area (TPSA) is 89.4 Å². The third-order valence-electron chi connectivity index (χ3n) is 3.80. The highest BCUT2D eigenvalue weighted by Gasteiger charge is 2.17. The Hall–Kier alpha value is -2.54. The van der Waals surface area contributed by atoms with Crippen molar-refractivity contribution in [2.45, 2.75) is 20.0 Å². The molecule has 0 aliphatic heterocycles. The molecule has 7 nitrogen and oxygen atoms in total. The van der Waals surface area contributed by atoms with Crippen molar-refractivity contribution in [1.82, 2.24) is 9.78 Å². The average Bonchev–Trinajstić information content (AvgIpc) is 2.95. The summed E-state index contributed by atoms with van der Waals surface area (Å²) in [6, 6.07) is 7.25. The maximum atomic E-state index is 8.53. The second-order valence-electron chi connectivity index (χ2n) is 6.22. The second kappa shape index (κ2) is 8.02. The van der Waals surface area contributed by atoms with Gasteiger partial charge in [0.2, 0.25) is 0 Å². The van der Waals surface area contributed by atoms with Crippen LogP contribution in [0.15, 0.2) is 24.3 Å². The van der Waals surface area contributed by atoms with Crippen LogP contribution in [0.1, 0.15) is 26.5 Å². The number of aryl methyl sites for hydroxylation is 1. The first-order valence-electron chi connectivity index (χ1n) is 8.23. The molecule has 0 atom stereocenters. The largest absolute Gasteiger partial charge is 0.491 e. The summed E-state index contributed by atoms with van der Waals surface area (Å²) in [5, 5.41) is 13.0. The minimum atomic E-state index is 0. The second-order valence-corrected chi connectivity index (χ2v) is 6.22. The summed E-state index contributed by atoms with van der Waals surface area (Å²) in [5.74, 6) is 1.60. The molecule has 1 aromatic heterocycles. The molecule has 2 rings (SSSR count). The van der Waals surface area contributed by atoms with E-state index in [9.17, 15) is 0 Å². The lowest BCUT2D eigenvalue weighted by atomic mass is 10.0. The van der Waals surface area contributed by atoms with Crippen LogP contribution in [0, 0.1) is 5.41 Å². The minimum absolute atomic E-state index is 0. The van der Waals surface area contributed by atoms with Crippen molar-refractivity contribution in [2.75, 3.05) is 37.9 Å². The third-order valence-corrected chi connectivity index (χ3v) is 3.80. The Bertz CT molecular complexity index is 745. The number of rotatable bonds is 8. The van der Waals surface area contributed by atoms with E-state index in [0.29, 0.717) is 29.3 Å². The van der Waals surface area contributed by atoms with Gasteiger partial charge in [0.15, 0.2) is 0 Å². The Morgan fingerprint density at radius 2 is 2.12 bits per heavy atom. The van der Waals surface area contributed by atoms with Crippen molar-refractivity contribution in [3.63, 3.8) is 0 Å². The molecule has 7 heteroatoms. The normalized spacial score (nSPS) is 11.0. The van der Waals surface area contributed by atoms with Crippen LogP contribution in [0.4, 0.5) is 11.5 Å². The summed E-state index contributed by atoms with van der Waals surface area (Å²) >= 11 is 0. The maximum absolute atomic E-state index is 8.53. The molecule has 2 aromatic rings. The molecule has 0 fully saturated rings. The minimum Gasteiger partial charge on any atom is -0.491 e. The van der Waals surface area contributed by atoms with Crippen molar-refractivity contribution in [1.29, 1.82) is 5.41 Å². The van der Waals surface area contributed by atoms with Crippen molar-refractivity contribution in [2.24, 2.45) is 7.05 Å². The number of benzene rings is 1. The van der Waals surface area contributed by atoms with Crippen LogP contribution in [-0.4, -0.2) is 48.9 Å². The molecule has 3 N–H and O–H groups in total. The molecule has 138 valence electrons. The summed E-state index contributed by atoms with van der Waals surface area (Å²) in [6.45, 7) is 5.28. The van der Waals surface area contributed by atoms with Crippen LogP contribution in [0.3, 0.4) is 0 Å². The number of hydrogen-bond acceptors (Lipinski definition) is 6. The van der Waals surface area contributed by atoms with E-state index in [0.717, 1.165) is 12.4 Å². The predicted octanol–water partition coefficient (Wildman–Crippen LogP) is 2.53. The molecule has 0 radical (unpaired) electrons. The van der Waals surface area contributed by atoms with E-state index in [1.807, 2.05) is 45.0 Å². The summed E-state index contributed by atoms with van der Waals surface area (Å²) < 4.78 is 12.6. The Morgan fingerprint density at radius 3 is 2.76 bits per heavy atom. The predicted molar refractivity (Wildman–Crippen MR) is 103 cm³/mol. The van der Waals surface area contributed by atoms with E-state index in [4.69, 9.17) is 20.6 Å². The summed E-state index contributed by atoms with van der Waals surface area (Å²) in [4.78, 5) is 2.04. The number of hydrogen-bond donors (Lipinski definition) is 2. The zero-order chi connectivity index (χ0) is 18.6. The van der Waals surface area contributed by atoms with E-state index in [-0.39, 0.29) is 13.2 Å². The van der Waals surface area contributed by atoms with E-state index < -0.39 is 0 Å². The number of likely N-dealkylation sites (N-methyl/N-ethyl adjacent to an activating group) is 1. The van der Waals surface area contributed by atoms with Gasteiger partial charge in [0, 0.05) is 46.5 Å². The molecule has 1 heterocycles. The first-order chi connectivity index (χ1) is 11.8. The number of aromatic nitrogens is 2. The number of ether oxygens (including phenoxy) is 2. The maximum Gasteiger partial charge on any atom is 0.127 e. The molecule has 25 heavy (non-hydrogen) atoms. The highest BCUT2D eigenvalue weighted by Crippen LogP contribution is 2.24. The fraction of sp³-hybridized carbons (Fsp3) is 0.444. The molecule has 0 saturated heterocycles. The third kappa shape index (κ3) is 4.51. The summed E-state index contributed by atoms with van der Waals surface area (Å²) in [7, 11) is 5.50. The van der Waals surface area contributed by atoms with Gasteiger partial charge in [-0.15, -0.1) is 0 Å². The lowest BCUT2D eigenvalue weighted by Crippen LogP contribution is -2.24. The van der Waals surface area contributed by atoms with Gasteiger partial charge in [0.05, 0.1) is 18.4 Å². The standard InChI is InChI=1S/C18H27N5O2.H2/c1-12(2)25-13-6-7-15(19)14(10-13)18(20)16-11-17(23(4)21-16)22(3)8-9-24-5;/h6-7,10-12,20H,8-9,19H2,1-5H3;1H. The number of anilines is 2. The molecule has 1 aromatic carbocycles. The number of nitrogens with zero attached hydrogens (tertiary/aromatic N) is 3. The SMILES string of the molecule is COCCN(C)c1cc(C(=N)c2cc(OC(C)C)ccc2N)nn1C.[HH]. The fourth-order valence-electron chi connectivity index (χ4n) is 2.51. The van der Waals surface area contributed by atoms with E-state index in [1.165, 1.54) is 0 Å². The van der Waals surface area contributed by atoms with E-state index >= 15 is 0 Å². The van der Waals surface area contributed by atoms with Crippen LogP contribution >= 0.6 is 0 Å². The van der Waals surface area contributed by atoms with Gasteiger partial charge in [0.25, 0.3) is 0 Å². The lowest BCUT2D eigenvalue weighted by molar-refractivity contribution is 0.206. The van der Waals surface area contributed by atoms with Crippen LogP contribution in [0.25, 0.3) is 0 Å². The highest BCUT2D eigenvalue weighted by atomic mass is 16.5. The molecular weight excluding hydrogens is 318 g/mol. The zero-order valence-corrected chi connectivity index (χ0v) is 15.5. The van der Waals surface area contributed by atoms with Crippen LogP contribution in [-0.2, 0) is 11.8 Å². The summed E-state index contributed by atoms with van der Waals surface area (Å²) in [6.07, 6.45) is 0.0570. The van der Waals surface area contributed by atoms with Crippen molar-refractivity contribution in [3.8, 4) is 5.75 Å². The quantitative estimate of drug-likeness (QED) is 0.566. The van der Waals surface area contributed by atoms with Gasteiger partial charge in [-0.3, -0.25) is 10.1 Å². The molecule has 0 aliphatic rings. The number of nitrogen functional groups attached to an aromatic ring is 1. The van der Waals surface area contributed by atoms with Gasteiger partial charge in [-0.25, -0.2) is 0 Å². The summed E-state index contributed by atoms with van der Waals surface area (Å²) in [5.41, 5.74) is 8.05. The molecule has 0 amide bonds. The van der Waals surface area contributed by atoms with Crippen LogP contribution in [0.2, 0.25) is 0 Å². The number of nitrogens with two attached hydrogens (primary N) is 1. The number of nitrogens with one attached hydrogen (secondary N) is 1. The Labute approximate surface area is 150 Å². The zero-order valence-electron chi connectivity index (χ0n) is 15.5. The smallest absolute Gasteiger partial charge is 0.127 e. The van der Waals surface area contributed by atoms with E-state index in [1.54, 1.807) is 23.9 Å². The molecule has 0 spiro atoms. The van der Waals surface area contributed by atoms with E-state index in [2.05, 4.69) is 5.10 Å². The van der Waals surface area contributed by atoms with Crippen LogP contribution < -0.4 is 15.4 Å². The van der Waals surface area contributed by atoms with Gasteiger partial charge in [-0.2, -0.15) is 5.10 Å². The molecular formula is C18H29N5O2. The molecule has 0 aliphatic carbocycles. The average molecular weight is 347 g/mol. The number of methoxy groups -OCH3 is 1. The Morgan fingerprint density at radius 1 is 1.40 bits per heavy atom. The van der Waals surface area contributed by atoms with Gasteiger partial charge in [-0.05, 0) is 32.0 Å².